The summed E-state index contributed by atoms with van der Waals surface area (Å²) in [4.78, 5) is 13.4. The Morgan fingerprint density at radius 1 is 0.889 bits per heavy atom. The zero-order valence-electron chi connectivity index (χ0n) is 15.1. The van der Waals surface area contributed by atoms with Crippen molar-refractivity contribution in [2.24, 2.45) is 0 Å². The van der Waals surface area contributed by atoms with Gasteiger partial charge in [0.1, 0.15) is 6.10 Å². The van der Waals surface area contributed by atoms with E-state index in [-0.39, 0.29) is 11.9 Å². The number of halogens is 1. The molecular weight excluding hydrogens is 376 g/mol. The topological polar surface area (TPSA) is 29.6 Å². The number of carbonyl (C=O) groups is 1. The van der Waals surface area contributed by atoms with Gasteiger partial charge in [-0.2, -0.15) is 0 Å². The van der Waals surface area contributed by atoms with Crippen LogP contribution in [0.3, 0.4) is 0 Å². The summed E-state index contributed by atoms with van der Waals surface area (Å²) in [6.45, 7) is 4.06. The SMILES string of the molecule is Cc1ccc(C(=O)C2(Sc3ccc(Cl)cc3)OC2c2ccc(C)cc2)cc1. The van der Waals surface area contributed by atoms with Gasteiger partial charge in [0.05, 0.1) is 0 Å². The lowest BCUT2D eigenvalue weighted by Crippen LogP contribution is -2.22. The molecule has 2 unspecified atom stereocenters. The van der Waals surface area contributed by atoms with Gasteiger partial charge in [-0.1, -0.05) is 83.0 Å². The predicted molar refractivity (Wildman–Crippen MR) is 111 cm³/mol. The molecule has 136 valence electrons. The second-order valence-corrected chi connectivity index (χ2v) is 8.55. The van der Waals surface area contributed by atoms with Crippen LogP contribution in [-0.2, 0) is 4.74 Å². The van der Waals surface area contributed by atoms with Gasteiger partial charge in [-0.25, -0.2) is 0 Å². The predicted octanol–water partition coefficient (Wildman–Crippen LogP) is 6.40. The number of epoxide rings is 1. The number of hydrogen-bond acceptors (Lipinski definition) is 3. The van der Waals surface area contributed by atoms with Crippen LogP contribution >= 0.6 is 23.4 Å². The van der Waals surface area contributed by atoms with Crippen molar-refractivity contribution in [2.75, 3.05) is 0 Å². The molecule has 27 heavy (non-hydrogen) atoms. The van der Waals surface area contributed by atoms with Crippen molar-refractivity contribution < 1.29 is 9.53 Å². The number of ketones is 1. The van der Waals surface area contributed by atoms with Crippen molar-refractivity contribution in [1.29, 1.82) is 0 Å². The smallest absolute Gasteiger partial charge is 0.212 e. The molecule has 1 fully saturated rings. The first kappa shape index (κ1) is 18.3. The van der Waals surface area contributed by atoms with E-state index in [4.69, 9.17) is 16.3 Å². The third-order valence-corrected chi connectivity index (χ3v) is 6.23. The summed E-state index contributed by atoms with van der Waals surface area (Å²) >= 11 is 7.45. The molecule has 0 N–H and O–H groups in total. The lowest BCUT2D eigenvalue weighted by Gasteiger charge is -2.13. The van der Waals surface area contributed by atoms with Gasteiger partial charge in [0.2, 0.25) is 10.7 Å². The molecule has 0 radical (unpaired) electrons. The molecule has 3 aromatic rings. The number of benzene rings is 3. The Labute approximate surface area is 168 Å². The van der Waals surface area contributed by atoms with Gasteiger partial charge in [-0.15, -0.1) is 0 Å². The molecule has 2 nitrogen and oxygen atoms in total. The molecule has 0 spiro atoms. The number of carbonyl (C=O) groups excluding carboxylic acids is 1. The van der Waals surface area contributed by atoms with Gasteiger partial charge >= 0.3 is 0 Å². The number of ether oxygens (including phenoxy) is 1. The Morgan fingerprint density at radius 3 is 2.04 bits per heavy atom. The number of Topliss-reactive ketones (excluding diaryl/α,β-unsaturated/α-hetero) is 1. The van der Waals surface area contributed by atoms with Crippen molar-refractivity contribution in [3.8, 4) is 0 Å². The minimum Gasteiger partial charge on any atom is -0.341 e. The van der Waals surface area contributed by atoms with Crippen LogP contribution in [0.1, 0.15) is 33.2 Å². The van der Waals surface area contributed by atoms with E-state index in [2.05, 4.69) is 0 Å². The largest absolute Gasteiger partial charge is 0.341 e. The Bertz CT molecular complexity index is 965. The van der Waals surface area contributed by atoms with Gasteiger partial charge in [0.25, 0.3) is 0 Å². The summed E-state index contributed by atoms with van der Waals surface area (Å²) < 4.78 is 6.09. The van der Waals surface area contributed by atoms with E-state index < -0.39 is 4.93 Å². The summed E-state index contributed by atoms with van der Waals surface area (Å²) in [5.41, 5.74) is 3.98. The van der Waals surface area contributed by atoms with Crippen LogP contribution in [0, 0.1) is 13.8 Å². The molecule has 1 aliphatic rings. The molecule has 0 saturated carbocycles. The fourth-order valence-corrected chi connectivity index (χ4v) is 4.40. The van der Waals surface area contributed by atoms with Crippen molar-refractivity contribution in [2.45, 2.75) is 29.8 Å². The Kier molecular flexibility index (Phi) is 4.85. The van der Waals surface area contributed by atoms with Crippen LogP contribution in [0.4, 0.5) is 0 Å². The third-order valence-electron chi connectivity index (χ3n) is 4.67. The first-order valence-electron chi connectivity index (χ1n) is 8.78. The van der Waals surface area contributed by atoms with Gasteiger partial charge in [0, 0.05) is 15.5 Å². The molecule has 1 heterocycles. The number of hydrogen-bond donors (Lipinski definition) is 0. The molecule has 1 aliphatic heterocycles. The molecule has 0 bridgehead atoms. The van der Waals surface area contributed by atoms with Gasteiger partial charge in [-0.3, -0.25) is 4.79 Å². The molecule has 4 heteroatoms. The number of aryl methyl sites for hydroxylation is 2. The van der Waals surface area contributed by atoms with Crippen LogP contribution in [0.15, 0.2) is 77.7 Å². The van der Waals surface area contributed by atoms with Crippen molar-refractivity contribution in [1.82, 2.24) is 0 Å². The zero-order chi connectivity index (χ0) is 19.0. The average Bonchev–Trinajstić information content (AvgIpc) is 3.39. The maximum atomic E-state index is 13.4. The van der Waals surface area contributed by atoms with E-state index in [9.17, 15) is 4.79 Å². The van der Waals surface area contributed by atoms with Crippen LogP contribution in [0.25, 0.3) is 0 Å². The summed E-state index contributed by atoms with van der Waals surface area (Å²) in [6.07, 6.45) is -0.271. The quantitative estimate of drug-likeness (QED) is 0.370. The van der Waals surface area contributed by atoms with Gasteiger partial charge in [-0.05, 0) is 43.7 Å². The molecule has 0 aliphatic carbocycles. The summed E-state index contributed by atoms with van der Waals surface area (Å²) in [7, 11) is 0. The van der Waals surface area contributed by atoms with E-state index in [1.165, 1.54) is 17.3 Å². The van der Waals surface area contributed by atoms with E-state index in [0.29, 0.717) is 10.6 Å². The van der Waals surface area contributed by atoms with Crippen molar-refractivity contribution >= 4 is 29.1 Å². The maximum Gasteiger partial charge on any atom is 0.212 e. The highest BCUT2D eigenvalue weighted by Crippen LogP contribution is 2.60. The number of thioether (sulfide) groups is 1. The van der Waals surface area contributed by atoms with Crippen LogP contribution in [0.2, 0.25) is 5.02 Å². The minimum atomic E-state index is -0.946. The minimum absolute atomic E-state index is 0.00646. The van der Waals surface area contributed by atoms with Crippen LogP contribution in [0.5, 0.6) is 0 Å². The normalized spacial score (nSPS) is 21.1. The average molecular weight is 395 g/mol. The molecule has 0 aromatic heterocycles. The molecule has 1 saturated heterocycles. The second kappa shape index (κ2) is 7.16. The maximum absolute atomic E-state index is 13.4. The Hall–Kier alpha value is -2.07. The Morgan fingerprint density at radius 2 is 1.44 bits per heavy atom. The van der Waals surface area contributed by atoms with E-state index in [1.54, 1.807) is 0 Å². The lowest BCUT2D eigenvalue weighted by molar-refractivity contribution is 0.0935. The van der Waals surface area contributed by atoms with E-state index >= 15 is 0 Å². The van der Waals surface area contributed by atoms with Gasteiger partial charge in [0.15, 0.2) is 0 Å². The summed E-state index contributed by atoms with van der Waals surface area (Å²) in [5, 5.41) is 0.671. The number of rotatable bonds is 5. The molecular formula is C23H19ClO2S. The molecule has 3 aromatic carbocycles. The molecule has 2 atom stereocenters. The van der Waals surface area contributed by atoms with Crippen molar-refractivity contribution in [3.63, 3.8) is 0 Å². The highest BCUT2D eigenvalue weighted by Gasteiger charge is 2.64. The second-order valence-electron chi connectivity index (χ2n) is 6.83. The third kappa shape index (κ3) is 3.68. The summed E-state index contributed by atoms with van der Waals surface area (Å²) in [5.74, 6) is -0.00646. The fraction of sp³-hybridized carbons (Fsp3) is 0.174. The van der Waals surface area contributed by atoms with Crippen LogP contribution in [-0.4, -0.2) is 10.7 Å². The first-order valence-corrected chi connectivity index (χ1v) is 9.98. The Balaban J connectivity index is 1.69. The van der Waals surface area contributed by atoms with Crippen molar-refractivity contribution in [3.05, 3.63) is 100 Å². The fourth-order valence-electron chi connectivity index (χ4n) is 3.05. The van der Waals surface area contributed by atoms with Crippen LogP contribution < -0.4 is 0 Å². The molecule has 4 rings (SSSR count). The van der Waals surface area contributed by atoms with Gasteiger partial charge < -0.3 is 4.74 Å². The highest BCUT2D eigenvalue weighted by molar-refractivity contribution is 8.01. The highest BCUT2D eigenvalue weighted by atomic mass is 35.5. The lowest BCUT2D eigenvalue weighted by atomic mass is 10.0. The summed E-state index contributed by atoms with van der Waals surface area (Å²) in [6, 6.07) is 23.3. The zero-order valence-corrected chi connectivity index (χ0v) is 16.7. The monoisotopic (exact) mass is 394 g/mol. The molecule has 0 amide bonds. The first-order chi connectivity index (χ1) is 13.0. The van der Waals surface area contributed by atoms with E-state index in [0.717, 1.165) is 16.0 Å². The van der Waals surface area contributed by atoms with E-state index in [1.807, 2.05) is 86.6 Å². The standard InChI is InChI=1S/C23H19ClO2S/c1-15-3-7-17(8-4-15)21(25)23(27-20-13-11-19(24)12-14-20)22(26-23)18-9-5-16(2)6-10-18/h3-14,22H,1-2H3.